The Kier molecular flexibility index (Phi) is 6.99. The predicted molar refractivity (Wildman–Crippen MR) is 123 cm³/mol. The minimum atomic E-state index is -1.22. The molecule has 2 aromatic rings. The number of nitrogens with zero attached hydrogens (tertiary/aromatic N) is 1. The summed E-state index contributed by atoms with van der Waals surface area (Å²) in [4.78, 5) is 39.7. The highest BCUT2D eigenvalue weighted by atomic mass is 16.2. The van der Waals surface area contributed by atoms with Crippen molar-refractivity contribution in [2.24, 2.45) is 11.5 Å². The molecule has 0 fully saturated rings. The van der Waals surface area contributed by atoms with Gasteiger partial charge >= 0.3 is 0 Å². The van der Waals surface area contributed by atoms with Gasteiger partial charge in [0.15, 0.2) is 0 Å². The molecule has 170 valence electrons. The molecule has 5 N–H and O–H groups in total. The van der Waals surface area contributed by atoms with Crippen LogP contribution in [0, 0.1) is 6.92 Å². The van der Waals surface area contributed by atoms with E-state index in [9.17, 15) is 14.4 Å². The molecule has 2 atom stereocenters. The maximum atomic E-state index is 13.3. The zero-order chi connectivity index (χ0) is 23.5. The molecule has 0 spiro atoms. The fraction of sp³-hybridized carbons (Fsp3) is 0.400. The molecule has 3 amide bonds. The molecule has 0 saturated carbocycles. The number of nitrogens with one attached hydrogen (secondary N) is 1. The van der Waals surface area contributed by atoms with Gasteiger partial charge in [-0.2, -0.15) is 0 Å². The molecule has 0 aliphatic carbocycles. The summed E-state index contributed by atoms with van der Waals surface area (Å²) in [5, 5.41) is 2.70. The summed E-state index contributed by atoms with van der Waals surface area (Å²) in [7, 11) is 0. The summed E-state index contributed by atoms with van der Waals surface area (Å²) in [5.74, 6) is -1.22. The van der Waals surface area contributed by atoms with Gasteiger partial charge in [-0.1, -0.05) is 54.1 Å². The van der Waals surface area contributed by atoms with Crippen molar-refractivity contribution in [3.8, 4) is 0 Å². The molecule has 1 aliphatic heterocycles. The number of primary amides is 1. The summed E-state index contributed by atoms with van der Waals surface area (Å²) < 4.78 is 0. The fourth-order valence-corrected chi connectivity index (χ4v) is 4.03. The van der Waals surface area contributed by atoms with E-state index < -0.39 is 23.4 Å². The molecule has 7 heteroatoms. The largest absolute Gasteiger partial charge is 0.368 e. The molecule has 0 saturated heterocycles. The maximum absolute atomic E-state index is 13.3. The van der Waals surface area contributed by atoms with Crippen LogP contribution in [0.25, 0.3) is 0 Å². The molecule has 2 aromatic carbocycles. The van der Waals surface area contributed by atoms with Crippen LogP contribution >= 0.6 is 0 Å². The van der Waals surface area contributed by atoms with Crippen LogP contribution in [0.5, 0.6) is 0 Å². The lowest BCUT2D eigenvalue weighted by atomic mass is 9.91. The Morgan fingerprint density at radius 1 is 1.12 bits per heavy atom. The molecule has 0 aromatic heterocycles. The zero-order valence-corrected chi connectivity index (χ0v) is 18.9. The molecule has 1 heterocycles. The first-order chi connectivity index (χ1) is 15.1. The Hall–Kier alpha value is -3.19. The quantitative estimate of drug-likeness (QED) is 0.611. The van der Waals surface area contributed by atoms with E-state index in [1.165, 1.54) is 0 Å². The number of nitrogens with two attached hydrogens (primary N) is 2. The van der Waals surface area contributed by atoms with Crippen LogP contribution in [0.15, 0.2) is 48.5 Å². The molecule has 32 heavy (non-hydrogen) atoms. The number of carbonyl (C=O) groups excluding carboxylic acids is 3. The Bertz CT molecular complexity index is 1020. The highest BCUT2D eigenvalue weighted by molar-refractivity contribution is 5.94. The van der Waals surface area contributed by atoms with Crippen molar-refractivity contribution in [1.29, 1.82) is 0 Å². The number of aryl methyl sites for hydroxylation is 1. The topological polar surface area (TPSA) is 119 Å². The van der Waals surface area contributed by atoms with Crippen LogP contribution in [0.3, 0.4) is 0 Å². The second-order valence-corrected chi connectivity index (χ2v) is 9.15. The summed E-state index contributed by atoms with van der Waals surface area (Å²) in [6.45, 7) is 5.44. The first-order valence-electron chi connectivity index (χ1n) is 10.9. The molecule has 0 radical (unpaired) electrons. The summed E-state index contributed by atoms with van der Waals surface area (Å²) in [5.41, 5.74) is 14.7. The van der Waals surface area contributed by atoms with Gasteiger partial charge in [0.05, 0.1) is 0 Å². The van der Waals surface area contributed by atoms with E-state index >= 15 is 0 Å². The van der Waals surface area contributed by atoms with Crippen molar-refractivity contribution in [2.45, 2.75) is 64.2 Å². The molecule has 3 rings (SSSR count). The first kappa shape index (κ1) is 23.5. The molecule has 1 unspecified atom stereocenters. The number of hydrogen-bond donors (Lipinski definition) is 3. The van der Waals surface area contributed by atoms with Crippen molar-refractivity contribution in [3.05, 3.63) is 70.8 Å². The smallest absolute Gasteiger partial charge is 0.244 e. The van der Waals surface area contributed by atoms with Crippen molar-refractivity contribution in [1.82, 2.24) is 10.2 Å². The van der Waals surface area contributed by atoms with E-state index in [1.807, 2.05) is 49.4 Å². The van der Waals surface area contributed by atoms with Gasteiger partial charge in [-0.25, -0.2) is 0 Å². The summed E-state index contributed by atoms with van der Waals surface area (Å²) >= 11 is 0. The Labute approximate surface area is 189 Å². The average molecular weight is 437 g/mol. The Morgan fingerprint density at radius 2 is 1.81 bits per heavy atom. The second-order valence-electron chi connectivity index (χ2n) is 9.15. The fourth-order valence-electron chi connectivity index (χ4n) is 4.03. The molecule has 7 nitrogen and oxygen atoms in total. The molecule has 0 bridgehead atoms. The molecule has 1 aliphatic rings. The van der Waals surface area contributed by atoms with Gasteiger partial charge in [0.25, 0.3) is 0 Å². The van der Waals surface area contributed by atoms with Crippen LogP contribution in [0.2, 0.25) is 0 Å². The minimum Gasteiger partial charge on any atom is -0.368 e. The third kappa shape index (κ3) is 5.53. The third-order valence-electron chi connectivity index (χ3n) is 5.94. The third-order valence-corrected chi connectivity index (χ3v) is 5.94. The standard InChI is InChI=1S/C25H32N4O3/c1-16-7-6-8-17(11-16)12-20(26)14-22(30)29-15-19-10-5-4-9-18(19)13-21(29)23(31)28-25(2,3)24(27)32/h4-11,20-21H,12-15,26H2,1-3H3,(H2,27,32)(H,28,31)/t20?,21-/m0/s1. The lowest BCUT2D eigenvalue weighted by Crippen LogP contribution is -2.60. The molecular weight excluding hydrogens is 404 g/mol. The number of carbonyl (C=O) groups is 3. The van der Waals surface area contributed by atoms with E-state index in [4.69, 9.17) is 11.5 Å². The van der Waals surface area contributed by atoms with Gasteiger partial charge < -0.3 is 21.7 Å². The summed E-state index contributed by atoms with van der Waals surface area (Å²) in [6, 6.07) is 14.7. The first-order valence-corrected chi connectivity index (χ1v) is 10.9. The highest BCUT2D eigenvalue weighted by Crippen LogP contribution is 2.25. The summed E-state index contributed by atoms with van der Waals surface area (Å²) in [6.07, 6.45) is 1.07. The minimum absolute atomic E-state index is 0.124. The lowest BCUT2D eigenvalue weighted by molar-refractivity contribution is -0.143. The zero-order valence-electron chi connectivity index (χ0n) is 18.9. The highest BCUT2D eigenvalue weighted by Gasteiger charge is 2.38. The Balaban J connectivity index is 1.78. The monoisotopic (exact) mass is 436 g/mol. The van der Waals surface area contributed by atoms with Gasteiger partial charge in [-0.15, -0.1) is 0 Å². The van der Waals surface area contributed by atoms with E-state index in [0.29, 0.717) is 19.4 Å². The van der Waals surface area contributed by atoms with Gasteiger partial charge in [-0.05, 0) is 43.9 Å². The number of amides is 3. The number of benzene rings is 2. The maximum Gasteiger partial charge on any atom is 0.244 e. The van der Waals surface area contributed by atoms with Crippen LogP contribution in [-0.4, -0.2) is 40.2 Å². The molecular formula is C25H32N4O3. The van der Waals surface area contributed by atoms with Crippen molar-refractivity contribution >= 4 is 17.7 Å². The van der Waals surface area contributed by atoms with Crippen molar-refractivity contribution in [2.75, 3.05) is 0 Å². The van der Waals surface area contributed by atoms with Gasteiger partial charge in [0.2, 0.25) is 17.7 Å². The number of hydrogen-bond acceptors (Lipinski definition) is 4. The van der Waals surface area contributed by atoms with Crippen LogP contribution in [0.4, 0.5) is 0 Å². The van der Waals surface area contributed by atoms with E-state index in [0.717, 1.165) is 22.3 Å². The van der Waals surface area contributed by atoms with Crippen LogP contribution in [-0.2, 0) is 33.8 Å². The van der Waals surface area contributed by atoms with Gasteiger partial charge in [0.1, 0.15) is 11.6 Å². The normalized spacial score (nSPS) is 16.8. The van der Waals surface area contributed by atoms with Crippen molar-refractivity contribution in [3.63, 3.8) is 0 Å². The van der Waals surface area contributed by atoms with Gasteiger partial charge in [0, 0.05) is 25.4 Å². The van der Waals surface area contributed by atoms with Crippen LogP contribution < -0.4 is 16.8 Å². The predicted octanol–water partition coefficient (Wildman–Crippen LogP) is 1.59. The second kappa shape index (κ2) is 9.53. The van der Waals surface area contributed by atoms with Crippen LogP contribution in [0.1, 0.15) is 42.5 Å². The van der Waals surface area contributed by atoms with Gasteiger partial charge in [-0.3, -0.25) is 14.4 Å². The number of rotatable bonds is 7. The SMILES string of the molecule is Cc1cccc(CC(N)CC(=O)N2Cc3ccccc3C[C@H]2C(=O)NC(C)(C)C(N)=O)c1. The van der Waals surface area contributed by atoms with E-state index in [2.05, 4.69) is 11.4 Å². The van der Waals surface area contributed by atoms with E-state index in [-0.39, 0.29) is 18.4 Å². The average Bonchev–Trinajstić information content (AvgIpc) is 2.72. The van der Waals surface area contributed by atoms with E-state index in [1.54, 1.807) is 18.7 Å². The van der Waals surface area contributed by atoms with Crippen molar-refractivity contribution < 1.29 is 14.4 Å². The number of fused-ring (bicyclic) bond motifs is 1. The Morgan fingerprint density at radius 3 is 2.47 bits per heavy atom. The lowest BCUT2D eigenvalue weighted by Gasteiger charge is -2.38.